The number of aryl methyl sites for hydroxylation is 1. The van der Waals surface area contributed by atoms with Gasteiger partial charge in [-0.3, -0.25) is 14.4 Å². The van der Waals surface area contributed by atoms with Crippen LogP contribution in [0.15, 0.2) is 31.0 Å². The fourth-order valence-electron chi connectivity index (χ4n) is 7.07. The van der Waals surface area contributed by atoms with E-state index in [0.717, 1.165) is 43.1 Å². The first-order valence-corrected chi connectivity index (χ1v) is 16.1. The Kier molecular flexibility index (Phi) is 10.2. The summed E-state index contributed by atoms with van der Waals surface area (Å²) in [6.07, 6.45) is 5.17. The minimum Gasteiger partial charge on any atom is -0.368 e. The average molecular weight is 630 g/mol. The van der Waals surface area contributed by atoms with E-state index < -0.39 is 24.7 Å². The number of rotatable bonds is 7. The maximum atomic E-state index is 14.5. The Balaban J connectivity index is 0.00000196. The molecule has 0 radical (unpaired) electrons. The van der Waals surface area contributed by atoms with Crippen LogP contribution >= 0.6 is 0 Å². The fourth-order valence-corrected chi connectivity index (χ4v) is 7.07. The number of carbonyl (C=O) groups excluding carboxylic acids is 1. The van der Waals surface area contributed by atoms with Crippen LogP contribution < -0.4 is 9.80 Å². The summed E-state index contributed by atoms with van der Waals surface area (Å²) in [6, 6.07) is 1.82. The molecule has 4 aliphatic heterocycles. The van der Waals surface area contributed by atoms with Crippen molar-refractivity contribution >= 4 is 23.5 Å². The standard InChI is InChI=1S/C31H40F3N7O2.C2H6/c1-4-6-24-25(40-18-23(19-40)37-11-13-39(14-12-37)27(42)5-2)15-26(36-28(24)30(33)34)38-9-7-31(8-10-38)29-21(3)17-35-41(29)22(16-32)20-43-31;1-2/h4-6,15,17,22-23,30H,2,7-14,16,18-20H2,1,3H3;1-2H3/b6-4-;. The second-order valence-corrected chi connectivity index (χ2v) is 11.9. The lowest BCUT2D eigenvalue weighted by Gasteiger charge is -2.49. The number of amides is 1. The Labute approximate surface area is 264 Å². The van der Waals surface area contributed by atoms with Crippen molar-refractivity contribution in [1.82, 2.24) is 24.6 Å². The first-order chi connectivity index (χ1) is 21.8. The molecule has 0 saturated carbocycles. The minimum absolute atomic E-state index is 0.0434. The van der Waals surface area contributed by atoms with Gasteiger partial charge in [0.2, 0.25) is 5.91 Å². The first-order valence-electron chi connectivity index (χ1n) is 16.1. The molecule has 1 unspecified atom stereocenters. The number of nitrogens with zero attached hydrogens (tertiary/aromatic N) is 7. The van der Waals surface area contributed by atoms with Gasteiger partial charge >= 0.3 is 0 Å². The maximum Gasteiger partial charge on any atom is 0.281 e. The highest BCUT2D eigenvalue weighted by atomic mass is 19.3. The van der Waals surface area contributed by atoms with E-state index >= 15 is 0 Å². The van der Waals surface area contributed by atoms with Crippen molar-refractivity contribution in [1.29, 1.82) is 0 Å². The summed E-state index contributed by atoms with van der Waals surface area (Å²) < 4.78 is 50.7. The Morgan fingerprint density at radius 3 is 2.42 bits per heavy atom. The smallest absolute Gasteiger partial charge is 0.281 e. The van der Waals surface area contributed by atoms with Crippen LogP contribution in [0.5, 0.6) is 0 Å². The van der Waals surface area contributed by atoms with Crippen molar-refractivity contribution in [2.24, 2.45) is 0 Å². The molecular formula is C33H46F3N7O2. The molecule has 0 aromatic carbocycles. The SMILES string of the molecule is C=CC(=O)N1CCN(C2CN(c3cc(N4CCC5(CC4)OCC(CF)n4ncc(C)c45)nc(C(F)F)c3/C=C\C)C2)CC1.CC. The van der Waals surface area contributed by atoms with Crippen molar-refractivity contribution in [3.05, 3.63) is 53.5 Å². The monoisotopic (exact) mass is 629 g/mol. The predicted molar refractivity (Wildman–Crippen MR) is 171 cm³/mol. The van der Waals surface area contributed by atoms with Crippen LogP contribution in [0.4, 0.5) is 24.7 Å². The molecule has 0 N–H and O–H groups in total. The van der Waals surface area contributed by atoms with E-state index in [1.165, 1.54) is 6.08 Å². The van der Waals surface area contributed by atoms with Crippen molar-refractivity contribution in [2.75, 3.05) is 75.4 Å². The molecule has 2 aromatic heterocycles. The topological polar surface area (TPSA) is 70.0 Å². The summed E-state index contributed by atoms with van der Waals surface area (Å²) in [7, 11) is 0. The van der Waals surface area contributed by atoms with E-state index in [0.29, 0.717) is 56.4 Å². The third kappa shape index (κ3) is 6.23. The number of piperazine rings is 1. The number of hydrogen-bond acceptors (Lipinski definition) is 7. The summed E-state index contributed by atoms with van der Waals surface area (Å²) in [6.45, 7) is 16.6. The van der Waals surface area contributed by atoms with Gasteiger partial charge in [0, 0.05) is 75.7 Å². The summed E-state index contributed by atoms with van der Waals surface area (Å²) in [4.78, 5) is 24.9. The zero-order chi connectivity index (χ0) is 32.3. The number of anilines is 2. The summed E-state index contributed by atoms with van der Waals surface area (Å²) >= 11 is 0. The number of fused-ring (bicyclic) bond motifs is 2. The largest absolute Gasteiger partial charge is 0.368 e. The summed E-state index contributed by atoms with van der Waals surface area (Å²) in [5.74, 6) is 0.495. The normalized spacial score (nSPS) is 22.0. The number of hydrogen-bond donors (Lipinski definition) is 0. The number of ether oxygens (including phenoxy) is 1. The highest BCUT2D eigenvalue weighted by molar-refractivity contribution is 5.87. The van der Waals surface area contributed by atoms with Gasteiger partial charge in [-0.05, 0) is 38.3 Å². The van der Waals surface area contributed by atoms with Crippen LogP contribution in [-0.2, 0) is 15.1 Å². The second-order valence-electron chi connectivity index (χ2n) is 11.9. The molecular weight excluding hydrogens is 583 g/mol. The van der Waals surface area contributed by atoms with E-state index in [-0.39, 0.29) is 18.2 Å². The predicted octanol–water partition coefficient (Wildman–Crippen LogP) is 5.14. The zero-order valence-electron chi connectivity index (χ0n) is 26.9. The Morgan fingerprint density at radius 2 is 1.82 bits per heavy atom. The summed E-state index contributed by atoms with van der Waals surface area (Å²) in [5.41, 5.74) is 2.34. The highest BCUT2D eigenvalue weighted by Gasteiger charge is 2.46. The highest BCUT2D eigenvalue weighted by Crippen LogP contribution is 2.44. The lowest BCUT2D eigenvalue weighted by Crippen LogP contribution is -2.63. The molecule has 4 aliphatic rings. The molecule has 45 heavy (non-hydrogen) atoms. The van der Waals surface area contributed by atoms with Gasteiger partial charge in [0.25, 0.3) is 6.43 Å². The number of piperidine rings is 1. The van der Waals surface area contributed by atoms with Crippen LogP contribution in [0, 0.1) is 6.92 Å². The molecule has 6 rings (SSSR count). The van der Waals surface area contributed by atoms with Gasteiger partial charge in [-0.25, -0.2) is 18.2 Å². The van der Waals surface area contributed by atoms with Crippen LogP contribution in [0.1, 0.15) is 68.6 Å². The first kappa shape index (κ1) is 33.0. The fraction of sp³-hybridized carbons (Fsp3) is 0.606. The zero-order valence-corrected chi connectivity index (χ0v) is 26.9. The lowest BCUT2D eigenvalue weighted by atomic mass is 9.84. The number of aromatic nitrogens is 3. The van der Waals surface area contributed by atoms with Crippen molar-refractivity contribution in [3.8, 4) is 0 Å². The van der Waals surface area contributed by atoms with Crippen LogP contribution in [0.25, 0.3) is 6.08 Å². The van der Waals surface area contributed by atoms with Gasteiger partial charge in [0.05, 0.1) is 18.5 Å². The van der Waals surface area contributed by atoms with E-state index in [1.807, 2.05) is 38.7 Å². The Morgan fingerprint density at radius 1 is 1.13 bits per heavy atom. The van der Waals surface area contributed by atoms with Gasteiger partial charge < -0.3 is 19.4 Å². The molecule has 3 fully saturated rings. The molecule has 1 spiro atoms. The molecule has 9 nitrogen and oxygen atoms in total. The third-order valence-corrected chi connectivity index (χ3v) is 9.49. The number of halogens is 3. The van der Waals surface area contributed by atoms with Gasteiger partial charge in [-0.2, -0.15) is 5.10 Å². The Hall–Kier alpha value is -3.38. The molecule has 3 saturated heterocycles. The van der Waals surface area contributed by atoms with Gasteiger partial charge in [-0.1, -0.05) is 32.6 Å². The van der Waals surface area contributed by atoms with Crippen LogP contribution in [0.3, 0.4) is 0 Å². The molecule has 0 aliphatic carbocycles. The van der Waals surface area contributed by atoms with Crippen molar-refractivity contribution in [2.45, 2.75) is 64.6 Å². The van der Waals surface area contributed by atoms with Crippen LogP contribution in [-0.4, -0.2) is 102 Å². The van der Waals surface area contributed by atoms with Gasteiger partial charge in [-0.15, -0.1) is 0 Å². The Bertz CT molecular complexity index is 1370. The molecule has 2 aromatic rings. The van der Waals surface area contributed by atoms with E-state index in [2.05, 4.69) is 31.4 Å². The van der Waals surface area contributed by atoms with Gasteiger partial charge in [0.15, 0.2) is 0 Å². The summed E-state index contributed by atoms with van der Waals surface area (Å²) in [5, 5.41) is 4.45. The van der Waals surface area contributed by atoms with E-state index in [9.17, 15) is 18.0 Å². The average Bonchev–Trinajstić information content (AvgIpc) is 3.45. The maximum absolute atomic E-state index is 14.5. The van der Waals surface area contributed by atoms with E-state index in [4.69, 9.17) is 4.74 Å². The quantitative estimate of drug-likeness (QED) is 0.393. The molecule has 1 atom stereocenters. The number of allylic oxidation sites excluding steroid dienone is 1. The lowest BCUT2D eigenvalue weighted by molar-refractivity contribution is -0.128. The van der Waals surface area contributed by atoms with Crippen LogP contribution in [0.2, 0.25) is 0 Å². The number of pyridine rings is 1. The van der Waals surface area contributed by atoms with E-state index in [1.54, 1.807) is 23.0 Å². The molecule has 0 bridgehead atoms. The number of alkyl halides is 3. The molecule has 1 amide bonds. The molecule has 6 heterocycles. The molecule has 246 valence electrons. The molecule has 12 heteroatoms. The van der Waals surface area contributed by atoms with Crippen molar-refractivity contribution in [3.63, 3.8) is 0 Å². The van der Waals surface area contributed by atoms with Crippen molar-refractivity contribution < 1.29 is 22.7 Å². The third-order valence-electron chi connectivity index (χ3n) is 9.49. The second kappa shape index (κ2) is 13.9. The van der Waals surface area contributed by atoms with Gasteiger partial charge in [0.1, 0.15) is 29.8 Å². The number of carbonyl (C=O) groups is 1. The minimum atomic E-state index is -2.72.